The molecule has 0 aromatic heterocycles. The molecule has 0 heterocycles. The lowest BCUT2D eigenvalue weighted by atomic mass is 9.81. The van der Waals surface area contributed by atoms with E-state index in [0.717, 1.165) is 0 Å². The van der Waals surface area contributed by atoms with Gasteiger partial charge in [-0.3, -0.25) is 14.9 Å². The Morgan fingerprint density at radius 2 is 1.86 bits per heavy atom. The van der Waals surface area contributed by atoms with E-state index in [1.807, 2.05) is 0 Å². The maximum absolute atomic E-state index is 11.7. The van der Waals surface area contributed by atoms with Crippen LogP contribution in [0.15, 0.2) is 24.3 Å². The third-order valence-corrected chi connectivity index (χ3v) is 3.63. The SMILES string of the molecule is O=C1C(O)C(Nc2ccc([N+](=O)[O-])cc2)C[C@H](CO)C1O. The van der Waals surface area contributed by atoms with Crippen molar-refractivity contribution >= 4 is 17.2 Å². The summed E-state index contributed by atoms with van der Waals surface area (Å²) in [5, 5.41) is 42.1. The quantitative estimate of drug-likeness (QED) is 0.442. The number of non-ortho nitro benzene ring substituents is 1. The molecule has 8 nitrogen and oxygen atoms in total. The van der Waals surface area contributed by atoms with Crippen LogP contribution < -0.4 is 5.32 Å². The first-order valence-electron chi connectivity index (χ1n) is 6.45. The summed E-state index contributed by atoms with van der Waals surface area (Å²) in [6.07, 6.45) is -2.56. The number of nitro groups is 1. The zero-order chi connectivity index (χ0) is 15.6. The van der Waals surface area contributed by atoms with E-state index in [2.05, 4.69) is 5.32 Å². The maximum Gasteiger partial charge on any atom is 0.269 e. The van der Waals surface area contributed by atoms with Gasteiger partial charge >= 0.3 is 0 Å². The lowest BCUT2D eigenvalue weighted by molar-refractivity contribution is -0.384. The highest BCUT2D eigenvalue weighted by Crippen LogP contribution is 2.26. The van der Waals surface area contributed by atoms with Crippen LogP contribution in [-0.2, 0) is 4.79 Å². The number of benzene rings is 1. The van der Waals surface area contributed by atoms with E-state index in [1.54, 1.807) is 0 Å². The molecule has 2 rings (SSSR count). The number of aliphatic hydroxyl groups is 3. The van der Waals surface area contributed by atoms with E-state index in [-0.39, 0.29) is 18.7 Å². The van der Waals surface area contributed by atoms with E-state index in [4.69, 9.17) is 5.11 Å². The fraction of sp³-hybridized carbons (Fsp3) is 0.462. The van der Waals surface area contributed by atoms with Crippen LogP contribution in [0.4, 0.5) is 11.4 Å². The molecule has 0 radical (unpaired) electrons. The Morgan fingerprint density at radius 3 is 2.38 bits per heavy atom. The minimum absolute atomic E-state index is 0.0653. The molecule has 114 valence electrons. The molecule has 1 aromatic rings. The fourth-order valence-corrected chi connectivity index (χ4v) is 2.40. The molecule has 1 aliphatic carbocycles. The number of nitrogens with zero attached hydrogens (tertiary/aromatic N) is 1. The van der Waals surface area contributed by atoms with Crippen molar-refractivity contribution in [3.05, 3.63) is 34.4 Å². The summed E-state index contributed by atoms with van der Waals surface area (Å²) in [6.45, 7) is -0.363. The highest BCUT2D eigenvalue weighted by molar-refractivity contribution is 5.89. The average Bonchev–Trinajstić information content (AvgIpc) is 2.48. The average molecular weight is 296 g/mol. The number of carbonyl (C=O) groups excluding carboxylic acids is 1. The molecule has 21 heavy (non-hydrogen) atoms. The van der Waals surface area contributed by atoms with Gasteiger partial charge in [-0.1, -0.05) is 0 Å². The standard InChI is InChI=1S/C13H16N2O6/c16-6-7-5-10(12(18)13(19)11(7)17)14-8-1-3-9(4-2-8)15(20)21/h1-4,7,10-12,14,16-18H,5-6H2/t7-,10?,11?,12?/m1/s1. The second-order valence-electron chi connectivity index (χ2n) is 5.03. The normalized spacial score (nSPS) is 29.2. The minimum atomic E-state index is -1.39. The Balaban J connectivity index is 2.10. The Bertz CT molecular complexity index is 532. The predicted molar refractivity (Wildman–Crippen MR) is 72.7 cm³/mol. The third-order valence-electron chi connectivity index (χ3n) is 3.63. The smallest absolute Gasteiger partial charge is 0.269 e. The first-order chi connectivity index (χ1) is 9.93. The third kappa shape index (κ3) is 3.18. The first kappa shape index (κ1) is 15.4. The fourth-order valence-electron chi connectivity index (χ4n) is 2.40. The van der Waals surface area contributed by atoms with Crippen LogP contribution in [0.3, 0.4) is 0 Å². The van der Waals surface area contributed by atoms with Crippen LogP contribution in [0.5, 0.6) is 0 Å². The maximum atomic E-state index is 11.7. The summed E-state index contributed by atoms with van der Waals surface area (Å²) in [5.74, 6) is -1.38. The molecule has 1 saturated carbocycles. The number of Topliss-reactive ketones (excluding diaryl/α,β-unsaturated/α-hetero) is 1. The minimum Gasteiger partial charge on any atom is -0.396 e. The summed E-state index contributed by atoms with van der Waals surface area (Å²) in [6, 6.07) is 4.87. The zero-order valence-corrected chi connectivity index (χ0v) is 11.0. The van der Waals surface area contributed by atoms with Crippen molar-refractivity contribution in [1.82, 2.24) is 0 Å². The second-order valence-corrected chi connectivity index (χ2v) is 5.03. The summed E-state index contributed by atoms with van der Waals surface area (Å²) >= 11 is 0. The number of ketones is 1. The summed E-state index contributed by atoms with van der Waals surface area (Å²) in [4.78, 5) is 21.7. The van der Waals surface area contributed by atoms with Gasteiger partial charge in [0.15, 0.2) is 5.78 Å². The van der Waals surface area contributed by atoms with Gasteiger partial charge < -0.3 is 20.6 Å². The molecular formula is C13H16N2O6. The zero-order valence-electron chi connectivity index (χ0n) is 11.0. The monoisotopic (exact) mass is 296 g/mol. The lowest BCUT2D eigenvalue weighted by Crippen LogP contribution is -2.54. The van der Waals surface area contributed by atoms with Crippen molar-refractivity contribution in [3.8, 4) is 0 Å². The number of rotatable bonds is 4. The number of nitrogens with one attached hydrogen (secondary N) is 1. The second kappa shape index (κ2) is 6.17. The van der Waals surface area contributed by atoms with Crippen LogP contribution in [-0.4, -0.2) is 50.9 Å². The van der Waals surface area contributed by atoms with Crippen molar-refractivity contribution in [2.45, 2.75) is 24.7 Å². The van der Waals surface area contributed by atoms with Crippen molar-refractivity contribution in [2.24, 2.45) is 5.92 Å². The molecule has 4 atom stereocenters. The summed E-state index contributed by atoms with van der Waals surface area (Å²) < 4.78 is 0. The van der Waals surface area contributed by atoms with Crippen LogP contribution in [0, 0.1) is 16.0 Å². The van der Waals surface area contributed by atoms with Crippen LogP contribution >= 0.6 is 0 Å². The van der Waals surface area contributed by atoms with Crippen LogP contribution in [0.1, 0.15) is 6.42 Å². The molecule has 4 N–H and O–H groups in total. The van der Waals surface area contributed by atoms with Crippen LogP contribution in [0.2, 0.25) is 0 Å². The first-order valence-corrected chi connectivity index (χ1v) is 6.45. The summed E-state index contributed by atoms with van der Waals surface area (Å²) in [5.41, 5.74) is 0.440. The number of carbonyl (C=O) groups is 1. The van der Waals surface area contributed by atoms with E-state index < -0.39 is 34.9 Å². The molecule has 0 aliphatic heterocycles. The van der Waals surface area contributed by atoms with Crippen LogP contribution in [0.25, 0.3) is 0 Å². The molecular weight excluding hydrogens is 280 g/mol. The molecule has 0 amide bonds. The largest absolute Gasteiger partial charge is 0.396 e. The van der Waals surface area contributed by atoms with Gasteiger partial charge in [0.25, 0.3) is 5.69 Å². The highest BCUT2D eigenvalue weighted by atomic mass is 16.6. The Kier molecular flexibility index (Phi) is 4.51. The van der Waals surface area contributed by atoms with Crippen molar-refractivity contribution < 1.29 is 25.0 Å². The number of hydrogen-bond acceptors (Lipinski definition) is 7. The van der Waals surface area contributed by atoms with Crippen molar-refractivity contribution in [3.63, 3.8) is 0 Å². The van der Waals surface area contributed by atoms with E-state index >= 15 is 0 Å². The van der Waals surface area contributed by atoms with Gasteiger partial charge in [-0.15, -0.1) is 0 Å². The van der Waals surface area contributed by atoms with E-state index in [1.165, 1.54) is 24.3 Å². The highest BCUT2D eigenvalue weighted by Gasteiger charge is 2.42. The molecule has 0 spiro atoms. The Morgan fingerprint density at radius 1 is 1.24 bits per heavy atom. The lowest BCUT2D eigenvalue weighted by Gasteiger charge is -2.35. The van der Waals surface area contributed by atoms with Gasteiger partial charge in [-0.25, -0.2) is 0 Å². The number of aliphatic hydroxyl groups excluding tert-OH is 3. The number of anilines is 1. The van der Waals surface area contributed by atoms with Gasteiger partial charge in [0.05, 0.1) is 11.0 Å². The Labute approximate surface area is 120 Å². The van der Waals surface area contributed by atoms with Crippen molar-refractivity contribution in [2.75, 3.05) is 11.9 Å². The Hall–Kier alpha value is -2.03. The van der Waals surface area contributed by atoms with Gasteiger partial charge in [0.1, 0.15) is 12.2 Å². The van der Waals surface area contributed by atoms with Gasteiger partial charge in [-0.05, 0) is 18.6 Å². The molecule has 1 aromatic carbocycles. The van der Waals surface area contributed by atoms with Crippen molar-refractivity contribution in [1.29, 1.82) is 0 Å². The predicted octanol–water partition coefficient (Wildman–Crippen LogP) is -0.322. The number of hydrogen-bond donors (Lipinski definition) is 4. The van der Waals surface area contributed by atoms with Gasteiger partial charge in [0.2, 0.25) is 0 Å². The molecule has 1 aliphatic rings. The topological polar surface area (TPSA) is 133 Å². The van der Waals surface area contributed by atoms with Gasteiger partial charge in [0, 0.05) is 30.3 Å². The van der Waals surface area contributed by atoms with Gasteiger partial charge in [-0.2, -0.15) is 0 Å². The number of nitro benzene ring substituents is 1. The molecule has 3 unspecified atom stereocenters. The molecule has 0 bridgehead atoms. The molecule has 0 saturated heterocycles. The molecule has 1 fully saturated rings. The molecule has 8 heteroatoms. The summed E-state index contributed by atoms with van der Waals surface area (Å²) in [7, 11) is 0. The van der Waals surface area contributed by atoms with E-state index in [9.17, 15) is 25.1 Å². The van der Waals surface area contributed by atoms with E-state index in [0.29, 0.717) is 5.69 Å².